The van der Waals surface area contributed by atoms with Gasteiger partial charge in [0.25, 0.3) is 0 Å². The van der Waals surface area contributed by atoms with E-state index in [2.05, 4.69) is 102 Å². The van der Waals surface area contributed by atoms with Gasteiger partial charge in [0.1, 0.15) is 0 Å². The molecular formula is C56H48Ir3N3O5S2-3. The second kappa shape index (κ2) is 28.2. The predicted octanol–water partition coefficient (Wildman–Crippen LogP) is 15.0. The summed E-state index contributed by atoms with van der Waals surface area (Å²) in [5.74, 6) is 0.569. The number of aromatic nitrogens is 3. The van der Waals surface area contributed by atoms with Gasteiger partial charge < -0.3 is 24.6 Å². The molecule has 359 valence electrons. The van der Waals surface area contributed by atoms with Crippen LogP contribution in [0.5, 0.6) is 0 Å². The van der Waals surface area contributed by atoms with Crippen molar-refractivity contribution in [3.8, 4) is 32.6 Å². The van der Waals surface area contributed by atoms with Crippen LogP contribution in [0.2, 0.25) is 0 Å². The van der Waals surface area contributed by atoms with Crippen molar-refractivity contribution in [3.05, 3.63) is 197 Å². The normalized spacial score (nSPS) is 10.6. The van der Waals surface area contributed by atoms with Crippen LogP contribution in [-0.2, 0) is 69.9 Å². The van der Waals surface area contributed by atoms with E-state index in [1.807, 2.05) is 89.6 Å². The zero-order valence-electron chi connectivity index (χ0n) is 38.7. The molecule has 10 rings (SSSR count). The molecule has 8 nitrogen and oxygen atoms in total. The minimum absolute atomic E-state index is 0. The summed E-state index contributed by atoms with van der Waals surface area (Å²) in [6, 6.07) is 52.4. The number of rotatable bonds is 5. The van der Waals surface area contributed by atoms with Gasteiger partial charge in [-0.05, 0) is 83.6 Å². The number of carbonyl (C=O) groups excluding carboxylic acids is 2. The number of benzene rings is 4. The fraction of sp³-hybridized carbons (Fsp3) is 0.125. The SMILES string of the molecule is CC(=O)C=C(C)O.CC(=O)C=C(C)O.Cc1cc(-c2[c-]c3ccccc3o2)nc2ccccc12.Cc1cc(-c2[c-]ccs2)nc2ccccc12.Cc1cc(-c2[c-]ccs2)nc2ccccc12.[Ir].[Ir].[Ir]. The summed E-state index contributed by atoms with van der Waals surface area (Å²) in [5.41, 5.74) is 10.5. The second-order valence-electron chi connectivity index (χ2n) is 15.2. The Kier molecular flexibility index (Phi) is 23.6. The predicted molar refractivity (Wildman–Crippen MR) is 272 cm³/mol. The Labute approximate surface area is 451 Å². The average Bonchev–Trinajstić information content (AvgIpc) is 4.10. The number of aliphatic hydroxyl groups is 2. The minimum Gasteiger partial charge on any atom is -0.518 e. The van der Waals surface area contributed by atoms with Crippen LogP contribution in [0.4, 0.5) is 0 Å². The summed E-state index contributed by atoms with van der Waals surface area (Å²) in [6.07, 6.45) is 2.33. The summed E-state index contributed by atoms with van der Waals surface area (Å²) >= 11 is 3.35. The van der Waals surface area contributed by atoms with Gasteiger partial charge in [0.05, 0.1) is 33.8 Å². The van der Waals surface area contributed by atoms with E-state index in [1.165, 1.54) is 72.7 Å². The molecular weight excluding hydrogens is 1440 g/mol. The summed E-state index contributed by atoms with van der Waals surface area (Å²) in [6.45, 7) is 12.0. The number of aliphatic hydroxyl groups excluding tert-OH is 2. The first-order valence-electron chi connectivity index (χ1n) is 20.9. The van der Waals surface area contributed by atoms with Crippen LogP contribution >= 0.6 is 22.7 Å². The second-order valence-corrected chi connectivity index (χ2v) is 17.0. The fourth-order valence-electron chi connectivity index (χ4n) is 6.78. The summed E-state index contributed by atoms with van der Waals surface area (Å²) in [7, 11) is 0. The van der Waals surface area contributed by atoms with E-state index in [4.69, 9.17) is 14.6 Å². The zero-order chi connectivity index (χ0) is 47.2. The van der Waals surface area contributed by atoms with Gasteiger partial charge in [-0.25, -0.2) is 22.7 Å². The van der Waals surface area contributed by atoms with Crippen LogP contribution in [0.1, 0.15) is 44.4 Å². The minimum atomic E-state index is -0.125. The third-order valence-electron chi connectivity index (χ3n) is 9.58. The number of hydrogen-bond acceptors (Lipinski definition) is 10. The molecule has 3 radical (unpaired) electrons. The van der Waals surface area contributed by atoms with E-state index in [-0.39, 0.29) is 83.4 Å². The molecule has 0 aliphatic carbocycles. The molecule has 10 aromatic rings. The van der Waals surface area contributed by atoms with Crippen LogP contribution in [0.15, 0.2) is 166 Å². The fourth-order valence-corrected chi connectivity index (χ4v) is 8.05. The van der Waals surface area contributed by atoms with Crippen molar-refractivity contribution in [2.75, 3.05) is 0 Å². The Bertz CT molecular complexity index is 3130. The molecule has 0 atom stereocenters. The Hall–Kier alpha value is -5.58. The maximum atomic E-state index is 10.0. The monoisotopic (exact) mass is 1490 g/mol. The number of hydrogen-bond donors (Lipinski definition) is 2. The first-order chi connectivity index (χ1) is 31.7. The number of carbonyl (C=O) groups is 2. The Morgan fingerprint density at radius 3 is 1.25 bits per heavy atom. The Morgan fingerprint density at radius 1 is 0.536 bits per heavy atom. The number of aryl methyl sites for hydroxylation is 3. The van der Waals surface area contributed by atoms with Crippen molar-refractivity contribution in [1.82, 2.24) is 15.0 Å². The summed E-state index contributed by atoms with van der Waals surface area (Å²) < 4.78 is 5.84. The quantitative estimate of drug-likeness (QED) is 0.0991. The van der Waals surface area contributed by atoms with Gasteiger partial charge in [0, 0.05) is 99.9 Å². The van der Waals surface area contributed by atoms with E-state index >= 15 is 0 Å². The molecule has 0 spiro atoms. The molecule has 0 amide bonds. The van der Waals surface area contributed by atoms with E-state index < -0.39 is 0 Å². The van der Waals surface area contributed by atoms with Gasteiger partial charge in [-0.1, -0.05) is 112 Å². The molecule has 0 aliphatic rings. The third-order valence-corrected chi connectivity index (χ3v) is 11.2. The molecule has 0 saturated heterocycles. The van der Waals surface area contributed by atoms with Crippen LogP contribution in [-0.4, -0.2) is 36.7 Å². The molecule has 0 bridgehead atoms. The number of fused-ring (bicyclic) bond motifs is 4. The van der Waals surface area contributed by atoms with Crippen molar-refractivity contribution in [2.45, 2.75) is 48.5 Å². The molecule has 4 aromatic carbocycles. The van der Waals surface area contributed by atoms with Crippen molar-refractivity contribution in [1.29, 1.82) is 0 Å². The standard InChI is InChI=1S/C18H12NO.2C14H10NS.2C5H8O2.3Ir/c1-12-10-16(19-15-8-4-3-7-14(12)15)18-11-13-6-2-5-9-17(13)20-18;2*1-10-9-13(14-7-4-8-16-14)15-12-6-3-2-5-11(10)12;2*1-4(6)3-5(2)7;;;/h2-10H,1H3;2*2-6,8-9H,1H3;2*3,6H,1-2H3;;;/q3*-1;;;;;. The maximum absolute atomic E-state index is 10.0. The molecule has 6 heterocycles. The Balaban J connectivity index is 0.000000238. The van der Waals surface area contributed by atoms with Gasteiger partial charge in [-0.3, -0.25) is 14.6 Å². The first kappa shape index (κ1) is 57.7. The van der Waals surface area contributed by atoms with Gasteiger partial charge in [-0.15, -0.1) is 28.3 Å². The first-order valence-corrected chi connectivity index (χ1v) is 22.7. The van der Waals surface area contributed by atoms with Gasteiger partial charge in [0.15, 0.2) is 11.6 Å². The zero-order valence-corrected chi connectivity index (χ0v) is 47.5. The molecule has 69 heavy (non-hydrogen) atoms. The van der Waals surface area contributed by atoms with Crippen molar-refractivity contribution < 1.29 is 84.5 Å². The molecule has 2 N–H and O–H groups in total. The number of para-hydroxylation sites is 4. The maximum Gasteiger partial charge on any atom is 0.155 e. The number of thiophene rings is 2. The number of pyridine rings is 3. The number of ketones is 2. The topological polar surface area (TPSA) is 126 Å². The van der Waals surface area contributed by atoms with E-state index in [0.717, 1.165) is 54.4 Å². The van der Waals surface area contributed by atoms with E-state index in [1.54, 1.807) is 22.7 Å². The van der Waals surface area contributed by atoms with Crippen LogP contribution in [0, 0.1) is 39.0 Å². The number of furan rings is 1. The molecule has 0 unspecified atom stereocenters. The molecule has 0 fully saturated rings. The molecule has 13 heteroatoms. The number of nitrogens with zero attached hydrogens (tertiary/aromatic N) is 3. The smallest absolute Gasteiger partial charge is 0.155 e. The van der Waals surface area contributed by atoms with Gasteiger partial charge >= 0.3 is 0 Å². The van der Waals surface area contributed by atoms with E-state index in [0.29, 0.717) is 5.76 Å². The Morgan fingerprint density at radius 2 is 0.899 bits per heavy atom. The van der Waals surface area contributed by atoms with Crippen molar-refractivity contribution in [2.24, 2.45) is 0 Å². The molecule has 0 aliphatic heterocycles. The number of allylic oxidation sites excluding steroid dienone is 4. The summed E-state index contributed by atoms with van der Waals surface area (Å²) in [5, 5.41) is 25.4. The van der Waals surface area contributed by atoms with Crippen LogP contribution in [0.25, 0.3) is 76.3 Å². The average molecular weight is 1480 g/mol. The molecule has 6 aromatic heterocycles. The van der Waals surface area contributed by atoms with E-state index in [9.17, 15) is 9.59 Å². The van der Waals surface area contributed by atoms with Gasteiger partial charge in [0.2, 0.25) is 0 Å². The van der Waals surface area contributed by atoms with Gasteiger partial charge in [-0.2, -0.15) is 24.3 Å². The van der Waals surface area contributed by atoms with Crippen molar-refractivity contribution in [3.63, 3.8) is 0 Å². The summed E-state index contributed by atoms with van der Waals surface area (Å²) in [4.78, 5) is 36.2. The molecule has 0 saturated carbocycles. The third kappa shape index (κ3) is 16.8. The van der Waals surface area contributed by atoms with Crippen LogP contribution < -0.4 is 0 Å². The largest absolute Gasteiger partial charge is 0.518 e. The van der Waals surface area contributed by atoms with Crippen molar-refractivity contribution >= 4 is 77.9 Å². The van der Waals surface area contributed by atoms with Crippen LogP contribution in [0.3, 0.4) is 0 Å².